The van der Waals surface area contributed by atoms with Gasteiger partial charge in [0.1, 0.15) is 11.4 Å². The van der Waals surface area contributed by atoms with Crippen molar-refractivity contribution in [2.24, 2.45) is 0 Å². The van der Waals surface area contributed by atoms with Crippen molar-refractivity contribution in [1.82, 2.24) is 0 Å². The van der Waals surface area contributed by atoms with E-state index in [2.05, 4.69) is 5.32 Å². The highest BCUT2D eigenvalue weighted by Gasteiger charge is 2.16. The van der Waals surface area contributed by atoms with Crippen molar-refractivity contribution in [3.8, 4) is 5.75 Å². The lowest BCUT2D eigenvalue weighted by atomic mass is 10.2. The van der Waals surface area contributed by atoms with Crippen LogP contribution in [0.25, 0.3) is 0 Å². The lowest BCUT2D eigenvalue weighted by molar-refractivity contribution is 0.0636. The molecule has 0 fully saturated rings. The average molecular weight is 253 g/mol. The van der Waals surface area contributed by atoms with Crippen LogP contribution in [0.15, 0.2) is 18.2 Å². The molecule has 2 N–H and O–H groups in total. The second kappa shape index (κ2) is 6.89. The van der Waals surface area contributed by atoms with Crippen molar-refractivity contribution in [3.05, 3.63) is 23.8 Å². The summed E-state index contributed by atoms with van der Waals surface area (Å²) in [4.78, 5) is 11.5. The van der Waals surface area contributed by atoms with E-state index in [1.807, 2.05) is 13.8 Å². The molecule has 0 bridgehead atoms. The van der Waals surface area contributed by atoms with E-state index in [0.29, 0.717) is 5.69 Å². The van der Waals surface area contributed by atoms with Gasteiger partial charge < -0.3 is 9.84 Å². The van der Waals surface area contributed by atoms with E-state index in [1.165, 1.54) is 6.07 Å². The Morgan fingerprint density at radius 3 is 2.28 bits per heavy atom. The molecule has 0 heterocycles. The van der Waals surface area contributed by atoms with Gasteiger partial charge >= 0.3 is 6.09 Å². The Hall–Kier alpha value is -1.71. The minimum absolute atomic E-state index is 0.173. The Bertz CT molecular complexity index is 395. The lowest BCUT2D eigenvalue weighted by Gasteiger charge is -2.20. The van der Waals surface area contributed by atoms with Crippen LogP contribution in [0.2, 0.25) is 0 Å². The first-order valence-electron chi connectivity index (χ1n) is 6.07. The fourth-order valence-corrected chi connectivity index (χ4v) is 1.20. The fourth-order valence-electron chi connectivity index (χ4n) is 1.20. The third kappa shape index (κ3) is 6.13. The molecular weight excluding hydrogens is 230 g/mol. The van der Waals surface area contributed by atoms with Crippen LogP contribution in [0, 0.1) is 6.92 Å². The van der Waals surface area contributed by atoms with Crippen molar-refractivity contribution >= 4 is 11.8 Å². The average Bonchev–Trinajstić information content (AvgIpc) is 2.22. The predicted molar refractivity (Wildman–Crippen MR) is 74.0 cm³/mol. The first-order chi connectivity index (χ1) is 8.28. The number of carbonyl (C=O) groups is 1. The fraction of sp³-hybridized carbons (Fsp3) is 0.500. The maximum atomic E-state index is 11.5. The zero-order valence-corrected chi connectivity index (χ0v) is 12.0. The molecule has 0 aliphatic carbocycles. The first-order valence-corrected chi connectivity index (χ1v) is 6.07. The quantitative estimate of drug-likeness (QED) is 0.741. The molecule has 0 atom stereocenters. The van der Waals surface area contributed by atoms with Crippen LogP contribution in [0.3, 0.4) is 0 Å². The largest absolute Gasteiger partial charge is 0.508 e. The van der Waals surface area contributed by atoms with E-state index in [9.17, 15) is 9.90 Å². The van der Waals surface area contributed by atoms with Crippen LogP contribution in [0.5, 0.6) is 5.75 Å². The number of phenolic OH excluding ortho intramolecular Hbond substituents is 1. The molecule has 1 aromatic rings. The number of rotatable bonds is 1. The first kappa shape index (κ1) is 16.3. The highest BCUT2D eigenvalue weighted by molar-refractivity contribution is 5.86. The molecule has 1 amide bonds. The third-order valence-corrected chi connectivity index (χ3v) is 1.85. The summed E-state index contributed by atoms with van der Waals surface area (Å²) in [5.41, 5.74) is 0.896. The smallest absolute Gasteiger partial charge is 0.412 e. The molecule has 102 valence electrons. The van der Waals surface area contributed by atoms with Crippen molar-refractivity contribution in [2.45, 2.75) is 47.1 Å². The van der Waals surface area contributed by atoms with E-state index in [1.54, 1.807) is 39.8 Å². The van der Waals surface area contributed by atoms with Gasteiger partial charge in [0.2, 0.25) is 0 Å². The Kier molecular flexibility index (Phi) is 6.23. The number of aryl methyl sites for hydroxylation is 1. The maximum Gasteiger partial charge on any atom is 0.412 e. The standard InChI is InChI=1S/C12H17NO3.C2H6/c1-8-7-9(14)5-6-10(8)13-11(15)16-12(2,3)4;1-2/h5-7,14H,1-4H3,(H,13,15);1-2H3. The van der Waals surface area contributed by atoms with Crippen molar-refractivity contribution in [2.75, 3.05) is 5.32 Å². The molecule has 1 aromatic carbocycles. The SMILES string of the molecule is CC.Cc1cc(O)ccc1NC(=O)OC(C)(C)C. The van der Waals surface area contributed by atoms with Crippen molar-refractivity contribution < 1.29 is 14.6 Å². The second-order valence-electron chi connectivity index (χ2n) is 4.63. The molecular formula is C14H23NO3. The van der Waals surface area contributed by atoms with E-state index in [4.69, 9.17) is 4.74 Å². The second-order valence-corrected chi connectivity index (χ2v) is 4.63. The van der Waals surface area contributed by atoms with Gasteiger partial charge in [0.15, 0.2) is 0 Å². The van der Waals surface area contributed by atoms with Gasteiger partial charge in [-0.05, 0) is 51.5 Å². The minimum atomic E-state index is -0.519. The lowest BCUT2D eigenvalue weighted by Crippen LogP contribution is -2.27. The summed E-state index contributed by atoms with van der Waals surface area (Å²) < 4.78 is 5.11. The summed E-state index contributed by atoms with van der Waals surface area (Å²) >= 11 is 0. The van der Waals surface area contributed by atoms with Crippen LogP contribution in [0.4, 0.5) is 10.5 Å². The number of nitrogens with one attached hydrogen (secondary N) is 1. The molecule has 0 unspecified atom stereocenters. The van der Waals surface area contributed by atoms with Crippen LogP contribution in [-0.2, 0) is 4.74 Å². The van der Waals surface area contributed by atoms with Crippen LogP contribution >= 0.6 is 0 Å². The molecule has 0 radical (unpaired) electrons. The van der Waals surface area contributed by atoms with Gasteiger partial charge in [-0.15, -0.1) is 0 Å². The minimum Gasteiger partial charge on any atom is -0.508 e. The number of hydrogen-bond acceptors (Lipinski definition) is 3. The number of anilines is 1. The van der Waals surface area contributed by atoms with E-state index in [0.717, 1.165) is 5.56 Å². The monoisotopic (exact) mass is 253 g/mol. The summed E-state index contributed by atoms with van der Waals surface area (Å²) in [7, 11) is 0. The van der Waals surface area contributed by atoms with Gasteiger partial charge in [0.25, 0.3) is 0 Å². The Labute approximate surface area is 109 Å². The molecule has 0 saturated heterocycles. The Balaban J connectivity index is 0.00000137. The van der Waals surface area contributed by atoms with Crippen molar-refractivity contribution in [3.63, 3.8) is 0 Å². The molecule has 0 saturated carbocycles. The number of hydrogen-bond donors (Lipinski definition) is 2. The zero-order valence-electron chi connectivity index (χ0n) is 12.0. The molecule has 0 aromatic heterocycles. The zero-order chi connectivity index (χ0) is 14.3. The predicted octanol–water partition coefficient (Wildman–Crippen LogP) is 4.07. The van der Waals surface area contributed by atoms with Gasteiger partial charge in [-0.3, -0.25) is 5.32 Å². The van der Waals surface area contributed by atoms with Gasteiger partial charge in [-0.1, -0.05) is 13.8 Å². The highest BCUT2D eigenvalue weighted by atomic mass is 16.6. The van der Waals surface area contributed by atoms with Gasteiger partial charge in [-0.25, -0.2) is 4.79 Å². The van der Waals surface area contributed by atoms with Gasteiger partial charge in [0.05, 0.1) is 0 Å². The molecule has 1 rings (SSSR count). The third-order valence-electron chi connectivity index (χ3n) is 1.85. The number of aromatic hydroxyl groups is 1. The van der Waals surface area contributed by atoms with Crippen molar-refractivity contribution in [1.29, 1.82) is 0 Å². The van der Waals surface area contributed by atoms with Crippen LogP contribution < -0.4 is 5.32 Å². The Morgan fingerprint density at radius 2 is 1.83 bits per heavy atom. The number of amides is 1. The topological polar surface area (TPSA) is 58.6 Å². The highest BCUT2D eigenvalue weighted by Crippen LogP contribution is 2.20. The molecule has 18 heavy (non-hydrogen) atoms. The van der Waals surface area contributed by atoms with Gasteiger partial charge in [-0.2, -0.15) is 0 Å². The van der Waals surface area contributed by atoms with Gasteiger partial charge in [0, 0.05) is 5.69 Å². The van der Waals surface area contributed by atoms with E-state index < -0.39 is 11.7 Å². The summed E-state index contributed by atoms with van der Waals surface area (Å²) in [5.74, 6) is 0.173. The number of phenols is 1. The number of benzene rings is 1. The summed E-state index contributed by atoms with van der Waals surface area (Å²) in [6, 6.07) is 4.72. The maximum absolute atomic E-state index is 11.5. The van der Waals surface area contributed by atoms with Crippen LogP contribution in [0.1, 0.15) is 40.2 Å². The molecule has 0 aliphatic rings. The molecule has 4 heteroatoms. The van der Waals surface area contributed by atoms with Crippen LogP contribution in [-0.4, -0.2) is 16.8 Å². The molecule has 0 aliphatic heterocycles. The number of carbonyl (C=O) groups excluding carboxylic acids is 1. The molecule has 4 nitrogen and oxygen atoms in total. The summed E-state index contributed by atoms with van der Waals surface area (Å²) in [6.07, 6.45) is -0.499. The molecule has 0 spiro atoms. The summed E-state index contributed by atoms with van der Waals surface area (Å²) in [6.45, 7) is 11.2. The Morgan fingerprint density at radius 1 is 1.28 bits per heavy atom. The summed E-state index contributed by atoms with van der Waals surface area (Å²) in [5, 5.41) is 11.8. The van der Waals surface area contributed by atoms with E-state index >= 15 is 0 Å². The van der Waals surface area contributed by atoms with E-state index in [-0.39, 0.29) is 5.75 Å². The number of ether oxygens (including phenoxy) is 1. The normalized spacial score (nSPS) is 10.1.